The fraction of sp³-hybridized carbons (Fsp3) is 0.859. The Labute approximate surface area is 592 Å². The van der Waals surface area contributed by atoms with Gasteiger partial charge in [-0.05, 0) is 38.5 Å². The summed E-state index contributed by atoms with van der Waals surface area (Å²) < 4.78 is 50.3. The summed E-state index contributed by atoms with van der Waals surface area (Å²) in [4.78, 5) is 116. The molecule has 4 rings (SSSR count). The van der Waals surface area contributed by atoms with E-state index in [0.717, 1.165) is 32.1 Å². The van der Waals surface area contributed by atoms with Gasteiger partial charge in [0.25, 0.3) is 0 Å². The lowest BCUT2D eigenvalue weighted by Gasteiger charge is -2.42. The number of ether oxygens (including phenoxy) is 9. The Balaban J connectivity index is 1.32. The summed E-state index contributed by atoms with van der Waals surface area (Å²) >= 11 is 0. The molecule has 4 fully saturated rings. The van der Waals surface area contributed by atoms with Crippen LogP contribution in [0.5, 0.6) is 0 Å². The summed E-state index contributed by atoms with van der Waals surface area (Å²) in [6.45, 7) is 0.293. The number of hydrogen-bond acceptors (Lipinski definition) is 29. The van der Waals surface area contributed by atoms with Crippen molar-refractivity contribution in [1.29, 1.82) is 0 Å². The van der Waals surface area contributed by atoms with Gasteiger partial charge in [0.15, 0.2) is 18.9 Å². The van der Waals surface area contributed by atoms with Crippen molar-refractivity contribution < 1.29 is 142 Å². The summed E-state index contributed by atoms with van der Waals surface area (Å²) in [5, 5.41) is 134. The van der Waals surface area contributed by atoms with Gasteiger partial charge in [-0.25, -0.2) is 0 Å². The van der Waals surface area contributed by atoms with E-state index in [4.69, 9.17) is 42.6 Å². The summed E-state index contributed by atoms with van der Waals surface area (Å²) in [6, 6.07) is -6.31. The second-order valence-electron chi connectivity index (χ2n) is 25.6. The number of unbranched alkanes of at least 4 members (excludes halogenated alkanes) is 7. The van der Waals surface area contributed by atoms with Crippen molar-refractivity contribution in [2.24, 2.45) is 5.92 Å². The number of nitrogens with one attached hydrogen (secondary N) is 9. The molecule has 0 aromatic heterocycles. The van der Waals surface area contributed by atoms with Crippen LogP contribution in [0.4, 0.5) is 0 Å². The third kappa shape index (κ3) is 32.4. The molecule has 20 N–H and O–H groups in total. The fourth-order valence-corrected chi connectivity index (χ4v) is 11.9. The van der Waals surface area contributed by atoms with Crippen LogP contribution in [0.1, 0.15) is 124 Å². The molecule has 588 valence electrons. The fourth-order valence-electron chi connectivity index (χ4n) is 11.9. The van der Waals surface area contributed by atoms with Crippen LogP contribution >= 0.6 is 0 Å². The minimum Gasteiger partial charge on any atom is -0.396 e. The summed E-state index contributed by atoms with van der Waals surface area (Å²) in [6.07, 6.45) is -10.8. The number of carbonyl (C=O) groups excluding carboxylic acids is 9. The topological polar surface area (TPSA) is 568 Å². The summed E-state index contributed by atoms with van der Waals surface area (Å²) in [5.74, 6) is -5.13. The number of rotatable bonds is 50. The van der Waals surface area contributed by atoms with E-state index in [1.807, 2.05) is 0 Å². The smallest absolute Gasteiger partial charge is 0.242 e. The number of aliphatic hydroxyl groups is 11. The van der Waals surface area contributed by atoms with Crippen LogP contribution in [-0.2, 0) is 85.8 Å². The van der Waals surface area contributed by atoms with Crippen molar-refractivity contribution in [2.45, 2.75) is 240 Å². The van der Waals surface area contributed by atoms with Gasteiger partial charge in [-0.1, -0.05) is 38.5 Å². The van der Waals surface area contributed by atoms with Crippen molar-refractivity contribution in [3.8, 4) is 0 Å². The van der Waals surface area contributed by atoms with Gasteiger partial charge in [0.05, 0.1) is 85.4 Å². The Morgan fingerprint density at radius 1 is 0.382 bits per heavy atom. The van der Waals surface area contributed by atoms with Crippen LogP contribution in [-0.4, -0.2) is 331 Å². The predicted octanol–water partition coefficient (Wildman–Crippen LogP) is -8.06. The molecule has 9 amide bonds. The molecule has 3 aliphatic heterocycles. The van der Waals surface area contributed by atoms with Crippen molar-refractivity contribution >= 4 is 53.2 Å². The largest absolute Gasteiger partial charge is 0.396 e. The molecule has 4 aliphatic rings. The molecule has 1 saturated carbocycles. The molecule has 38 heteroatoms. The highest BCUT2D eigenvalue weighted by Crippen LogP contribution is 2.27. The van der Waals surface area contributed by atoms with Crippen LogP contribution in [0, 0.1) is 5.92 Å². The molecule has 3 saturated heterocycles. The average Bonchev–Trinajstić information content (AvgIpc) is 0.979. The average molecular weight is 1470 g/mol. The van der Waals surface area contributed by atoms with Crippen molar-refractivity contribution in [1.82, 2.24) is 47.9 Å². The maximum atomic E-state index is 13.8. The van der Waals surface area contributed by atoms with Gasteiger partial charge < -0.3 is 147 Å². The molecule has 0 aromatic carbocycles. The van der Waals surface area contributed by atoms with Gasteiger partial charge in [-0.2, -0.15) is 0 Å². The van der Waals surface area contributed by atoms with E-state index in [2.05, 4.69) is 47.9 Å². The molecule has 0 spiro atoms. The molecule has 38 nitrogen and oxygen atoms in total. The lowest BCUT2D eigenvalue weighted by Crippen LogP contribution is -2.64. The Bertz CT molecular complexity index is 2500. The Morgan fingerprint density at radius 3 is 1.08 bits per heavy atom. The van der Waals surface area contributed by atoms with Crippen molar-refractivity contribution in [3.05, 3.63) is 0 Å². The van der Waals surface area contributed by atoms with Crippen molar-refractivity contribution in [3.63, 3.8) is 0 Å². The van der Waals surface area contributed by atoms with Gasteiger partial charge in [-0.15, -0.1) is 0 Å². The first-order valence-corrected chi connectivity index (χ1v) is 35.1. The highest BCUT2D eigenvalue weighted by atomic mass is 16.7. The maximum Gasteiger partial charge on any atom is 0.242 e. The molecular weight excluding hydrogens is 1360 g/mol. The minimum absolute atomic E-state index is 0.0223. The zero-order chi connectivity index (χ0) is 75.1. The number of amides is 9. The quantitative estimate of drug-likeness (QED) is 0.0252. The second-order valence-corrected chi connectivity index (χ2v) is 25.6. The van der Waals surface area contributed by atoms with Crippen LogP contribution in [0.2, 0.25) is 0 Å². The first-order valence-electron chi connectivity index (χ1n) is 35.1. The minimum atomic E-state index is -1.54. The van der Waals surface area contributed by atoms with Gasteiger partial charge in [0.1, 0.15) is 85.1 Å². The van der Waals surface area contributed by atoms with E-state index in [1.165, 1.54) is 20.8 Å². The van der Waals surface area contributed by atoms with E-state index >= 15 is 0 Å². The molecule has 1 aliphatic carbocycles. The van der Waals surface area contributed by atoms with Crippen LogP contribution in [0.3, 0.4) is 0 Å². The monoisotopic (exact) mass is 1470 g/mol. The van der Waals surface area contributed by atoms with Crippen LogP contribution in [0.15, 0.2) is 0 Å². The lowest BCUT2D eigenvalue weighted by atomic mass is 9.97. The number of carbonyl (C=O) groups is 9. The van der Waals surface area contributed by atoms with Crippen LogP contribution < -0.4 is 47.9 Å². The zero-order valence-corrected chi connectivity index (χ0v) is 58.4. The standard InChI is InChI=1S/C64H113N9O29/c1-36(78)68-51-57(89)54(86)44(33-75)100-62(51)97-27-24-94-21-18-65-47(82)16-14-41(60(92)66-19-22-95-25-28-98-63-52(69-37(2)79)58(90)55(87)45(34-76)101-63)73-50(85)17-15-42(61(93)67-20-23-96-26-29-99-64-53(70-38(3)80)59(91)56(88)46(35-77)102-64)72-49(84)13-11-9-7-5-4-6-8-10-12-48(83)71-40-30-39(32-74)43(81)31-40/h39-46,51-59,62-64,74-77,81,86-91H,4-35H2,1-3H3,(H,65,82)(H,66,92)(H,67,93)(H,68,78)(H,69,79)(H,70,80)(H,71,83)(H,72,84)(H,73,85)/t39-,40+,41?,42?,43+,44?,45?,46?,51?,52?,53?,54?,55?,56?,57?,58?,59?,62?,63?,64?/m1/s1. The Hall–Kier alpha value is -5.57. The van der Waals surface area contributed by atoms with E-state index in [9.17, 15) is 99.3 Å². The molecule has 0 aromatic rings. The van der Waals surface area contributed by atoms with E-state index in [-0.39, 0.29) is 129 Å². The molecule has 3 heterocycles. The summed E-state index contributed by atoms with van der Waals surface area (Å²) in [5.41, 5.74) is 0. The van der Waals surface area contributed by atoms with Crippen LogP contribution in [0.25, 0.3) is 0 Å². The maximum absolute atomic E-state index is 13.8. The Morgan fingerprint density at radius 2 is 0.725 bits per heavy atom. The SMILES string of the molecule is CC(=O)NC1C(OCCOCCNC(=O)CCC(NC(=O)CCC(NC(=O)CCCCCCCCCCC(=O)N[C@H]2C[C@H](CO)[C@@H](O)C2)C(=O)NCCOCCOC2OC(CO)C(O)C(O)C2NC(C)=O)C(=O)NCCOCCOC2OC(CO)C(O)C(O)C2NC(C)=O)OC(CO)C(O)C1O. The lowest BCUT2D eigenvalue weighted by molar-refractivity contribution is -0.272. The number of aliphatic hydroxyl groups excluding tert-OH is 11. The summed E-state index contributed by atoms with van der Waals surface area (Å²) in [7, 11) is 0. The van der Waals surface area contributed by atoms with E-state index in [1.54, 1.807) is 0 Å². The zero-order valence-electron chi connectivity index (χ0n) is 58.4. The molecule has 0 radical (unpaired) electrons. The third-order valence-electron chi connectivity index (χ3n) is 17.4. The molecular formula is C64H113N9O29. The Kier molecular flexibility index (Phi) is 42.9. The highest BCUT2D eigenvalue weighted by molar-refractivity contribution is 5.90. The first-order chi connectivity index (χ1) is 48.8. The predicted molar refractivity (Wildman–Crippen MR) is 352 cm³/mol. The molecule has 20 atom stereocenters. The highest BCUT2D eigenvalue weighted by Gasteiger charge is 2.48. The molecule has 0 bridgehead atoms. The van der Waals surface area contributed by atoms with Crippen molar-refractivity contribution in [2.75, 3.05) is 106 Å². The normalized spacial score (nSPS) is 28.4. The molecule has 17 unspecified atom stereocenters. The first kappa shape index (κ1) is 88.8. The van der Waals surface area contributed by atoms with Gasteiger partial charge in [-0.3, -0.25) is 43.2 Å². The molecule has 102 heavy (non-hydrogen) atoms. The third-order valence-corrected chi connectivity index (χ3v) is 17.4. The van der Waals surface area contributed by atoms with Gasteiger partial charge in [0.2, 0.25) is 53.2 Å². The van der Waals surface area contributed by atoms with E-state index < -0.39 is 184 Å². The van der Waals surface area contributed by atoms with E-state index in [0.29, 0.717) is 38.5 Å². The van der Waals surface area contributed by atoms with Gasteiger partial charge in [0, 0.05) is 84.7 Å². The van der Waals surface area contributed by atoms with Gasteiger partial charge >= 0.3 is 0 Å². The number of hydrogen-bond donors (Lipinski definition) is 20. The second kappa shape index (κ2) is 49.3.